The van der Waals surface area contributed by atoms with Gasteiger partial charge in [0, 0.05) is 23.4 Å². The Morgan fingerprint density at radius 3 is 2.69 bits per heavy atom. The number of hydrogen-bond donors (Lipinski definition) is 2. The summed E-state index contributed by atoms with van der Waals surface area (Å²) in [6.07, 6.45) is 5.88. The van der Waals surface area contributed by atoms with Crippen LogP contribution in [0.2, 0.25) is 0 Å². The second kappa shape index (κ2) is 12.0. The number of thioether (sulfide) groups is 1. The van der Waals surface area contributed by atoms with Gasteiger partial charge in [0.1, 0.15) is 17.6 Å². The van der Waals surface area contributed by atoms with E-state index in [1.165, 1.54) is 23.1 Å². The third kappa shape index (κ3) is 6.00. The average Bonchev–Trinajstić information content (AvgIpc) is 3.28. The number of amidine groups is 2. The van der Waals surface area contributed by atoms with E-state index in [2.05, 4.69) is 10.6 Å². The highest BCUT2D eigenvalue weighted by Gasteiger charge is 2.43. The number of aliphatic imine (C=N–C) groups is 2. The second-order valence-electron chi connectivity index (χ2n) is 9.90. The Bertz CT molecular complexity index is 1320. The third-order valence-corrected chi connectivity index (χ3v) is 8.46. The Balaban J connectivity index is 1.34. The highest BCUT2D eigenvalue weighted by atomic mass is 32.2. The van der Waals surface area contributed by atoms with Crippen molar-refractivity contribution in [2.75, 3.05) is 12.4 Å². The molecule has 2 heterocycles. The summed E-state index contributed by atoms with van der Waals surface area (Å²) in [5, 5.41) is 5.91. The van der Waals surface area contributed by atoms with Crippen LogP contribution in [0.5, 0.6) is 5.75 Å². The fourth-order valence-electron chi connectivity index (χ4n) is 5.10. The molecule has 0 bridgehead atoms. The SMILES string of the molecule is CC[C@@H](SC1=Nc2ccccc2C2=N[C@@H](CC(=O)NC3CCCCC3)C(=O)N12)C(=O)Nc1cccc(OC)c1. The number of methoxy groups -OCH3 is 1. The molecule has 2 aromatic carbocycles. The summed E-state index contributed by atoms with van der Waals surface area (Å²) in [6.45, 7) is 1.92. The van der Waals surface area contributed by atoms with Gasteiger partial charge < -0.3 is 15.4 Å². The number of carbonyl (C=O) groups excluding carboxylic acids is 3. The van der Waals surface area contributed by atoms with Crippen molar-refractivity contribution >= 4 is 51.9 Å². The number of nitrogens with one attached hydrogen (secondary N) is 2. The molecule has 10 heteroatoms. The quantitative estimate of drug-likeness (QED) is 0.500. The van der Waals surface area contributed by atoms with Gasteiger partial charge in [0.25, 0.3) is 5.91 Å². The average molecular weight is 548 g/mol. The first kappa shape index (κ1) is 26.9. The molecule has 204 valence electrons. The molecule has 0 unspecified atom stereocenters. The van der Waals surface area contributed by atoms with Gasteiger partial charge in [0.15, 0.2) is 5.17 Å². The number of ether oxygens (including phenoxy) is 1. The third-order valence-electron chi connectivity index (χ3n) is 7.14. The first-order valence-corrected chi connectivity index (χ1v) is 14.4. The predicted molar refractivity (Wildman–Crippen MR) is 154 cm³/mol. The molecule has 0 aromatic heterocycles. The van der Waals surface area contributed by atoms with Gasteiger partial charge in [0.05, 0.1) is 24.5 Å². The van der Waals surface area contributed by atoms with E-state index in [4.69, 9.17) is 14.7 Å². The van der Waals surface area contributed by atoms with E-state index < -0.39 is 11.3 Å². The van der Waals surface area contributed by atoms with Crippen molar-refractivity contribution in [3.05, 3.63) is 54.1 Å². The first-order valence-electron chi connectivity index (χ1n) is 13.5. The van der Waals surface area contributed by atoms with Crippen LogP contribution in [-0.4, -0.2) is 58.1 Å². The molecule has 2 aliphatic heterocycles. The smallest absolute Gasteiger partial charge is 0.259 e. The molecule has 1 aliphatic carbocycles. The van der Waals surface area contributed by atoms with E-state index in [0.717, 1.165) is 31.2 Å². The fourth-order valence-corrected chi connectivity index (χ4v) is 6.12. The summed E-state index contributed by atoms with van der Waals surface area (Å²) in [5.41, 5.74) is 2.04. The number of para-hydroxylation sites is 1. The van der Waals surface area contributed by atoms with Gasteiger partial charge in [-0.15, -0.1) is 0 Å². The lowest BCUT2D eigenvalue weighted by Gasteiger charge is -2.27. The fraction of sp³-hybridized carbons (Fsp3) is 0.414. The summed E-state index contributed by atoms with van der Waals surface area (Å²) < 4.78 is 5.26. The summed E-state index contributed by atoms with van der Waals surface area (Å²) in [5.74, 6) is 0.460. The summed E-state index contributed by atoms with van der Waals surface area (Å²) in [7, 11) is 1.57. The van der Waals surface area contributed by atoms with Gasteiger partial charge in [-0.1, -0.05) is 56.1 Å². The van der Waals surface area contributed by atoms with Gasteiger partial charge in [-0.2, -0.15) is 0 Å². The van der Waals surface area contributed by atoms with Gasteiger partial charge in [-0.25, -0.2) is 9.89 Å². The number of benzene rings is 2. The molecule has 0 saturated heterocycles. The predicted octanol–water partition coefficient (Wildman–Crippen LogP) is 4.64. The molecule has 2 atom stereocenters. The minimum atomic E-state index is -0.828. The van der Waals surface area contributed by atoms with Gasteiger partial charge in [-0.3, -0.25) is 19.4 Å². The number of hydrogen-bond acceptors (Lipinski definition) is 7. The largest absolute Gasteiger partial charge is 0.497 e. The molecular formula is C29H33N5O4S. The van der Waals surface area contributed by atoms with E-state index in [9.17, 15) is 14.4 Å². The van der Waals surface area contributed by atoms with Crippen molar-refractivity contribution in [3.63, 3.8) is 0 Å². The summed E-state index contributed by atoms with van der Waals surface area (Å²) in [6, 6.07) is 14.0. The van der Waals surface area contributed by atoms with Crippen LogP contribution in [0, 0.1) is 0 Å². The minimum absolute atomic E-state index is 0.0109. The summed E-state index contributed by atoms with van der Waals surface area (Å²) in [4.78, 5) is 50.6. The van der Waals surface area contributed by atoms with Crippen molar-refractivity contribution in [1.82, 2.24) is 10.2 Å². The number of nitrogens with zero attached hydrogens (tertiary/aromatic N) is 3. The number of rotatable bonds is 8. The molecule has 0 spiro atoms. The Morgan fingerprint density at radius 1 is 1.13 bits per heavy atom. The standard InChI is InChI=1S/C29H33N5O4S/c1-3-24(27(36)31-19-12-9-13-20(16-19)38-2)39-29-33-22-15-8-7-14-21(22)26-32-23(28(37)34(26)29)17-25(35)30-18-10-5-4-6-11-18/h7-9,12-16,18,23-24H,3-6,10-11,17H2,1-2H3,(H,30,35)(H,31,36)/t23-,24+/m0/s1. The zero-order valence-corrected chi connectivity index (χ0v) is 23.0. The Hall–Kier alpha value is -3.66. The van der Waals surface area contributed by atoms with E-state index in [0.29, 0.717) is 34.5 Å². The van der Waals surface area contributed by atoms with Crippen LogP contribution < -0.4 is 15.4 Å². The molecule has 2 N–H and O–H groups in total. The monoisotopic (exact) mass is 547 g/mol. The number of carbonyl (C=O) groups is 3. The highest BCUT2D eigenvalue weighted by molar-refractivity contribution is 8.15. The molecule has 5 rings (SSSR count). The van der Waals surface area contributed by atoms with Crippen LogP contribution in [0.4, 0.5) is 11.4 Å². The lowest BCUT2D eigenvalue weighted by molar-refractivity contribution is -0.129. The van der Waals surface area contributed by atoms with Crippen LogP contribution in [0.3, 0.4) is 0 Å². The molecule has 2 aromatic rings. The van der Waals surface area contributed by atoms with Crippen LogP contribution in [0.1, 0.15) is 57.4 Å². The molecule has 3 amide bonds. The second-order valence-corrected chi connectivity index (χ2v) is 11.1. The molecule has 39 heavy (non-hydrogen) atoms. The maximum Gasteiger partial charge on any atom is 0.259 e. The first-order chi connectivity index (χ1) is 19.0. The Labute approximate surface area is 232 Å². The topological polar surface area (TPSA) is 112 Å². The van der Waals surface area contributed by atoms with Gasteiger partial charge in [0.2, 0.25) is 11.8 Å². The maximum atomic E-state index is 13.6. The van der Waals surface area contributed by atoms with E-state index in [1.807, 2.05) is 37.3 Å². The number of anilines is 1. The number of amides is 3. The van der Waals surface area contributed by atoms with E-state index in [1.54, 1.807) is 25.3 Å². The van der Waals surface area contributed by atoms with Crippen molar-refractivity contribution in [3.8, 4) is 5.75 Å². The molecule has 1 saturated carbocycles. The lowest BCUT2D eigenvalue weighted by Crippen LogP contribution is -2.44. The molecule has 1 fully saturated rings. The van der Waals surface area contributed by atoms with Gasteiger partial charge in [-0.05, 0) is 43.5 Å². The van der Waals surface area contributed by atoms with Crippen molar-refractivity contribution in [2.45, 2.75) is 69.2 Å². The molecule has 9 nitrogen and oxygen atoms in total. The van der Waals surface area contributed by atoms with Crippen LogP contribution in [-0.2, 0) is 14.4 Å². The zero-order chi connectivity index (χ0) is 27.4. The van der Waals surface area contributed by atoms with E-state index in [-0.39, 0.29) is 30.2 Å². The number of fused-ring (bicyclic) bond motifs is 3. The van der Waals surface area contributed by atoms with Crippen molar-refractivity contribution < 1.29 is 19.1 Å². The highest BCUT2D eigenvalue weighted by Crippen LogP contribution is 2.36. The van der Waals surface area contributed by atoms with Gasteiger partial charge >= 0.3 is 0 Å². The Morgan fingerprint density at radius 2 is 1.92 bits per heavy atom. The van der Waals surface area contributed by atoms with Crippen molar-refractivity contribution in [1.29, 1.82) is 0 Å². The van der Waals surface area contributed by atoms with E-state index >= 15 is 0 Å². The normalized spacial score (nSPS) is 19.4. The van der Waals surface area contributed by atoms with Crippen LogP contribution in [0.25, 0.3) is 0 Å². The van der Waals surface area contributed by atoms with Crippen molar-refractivity contribution in [2.24, 2.45) is 9.98 Å². The molecular weight excluding hydrogens is 514 g/mol. The maximum absolute atomic E-state index is 13.6. The zero-order valence-electron chi connectivity index (χ0n) is 22.2. The van der Waals surface area contributed by atoms with Crippen LogP contribution >= 0.6 is 11.8 Å². The molecule has 0 radical (unpaired) electrons. The molecule has 3 aliphatic rings. The van der Waals surface area contributed by atoms with Crippen LogP contribution in [0.15, 0.2) is 58.5 Å². The lowest BCUT2D eigenvalue weighted by atomic mass is 9.95. The minimum Gasteiger partial charge on any atom is -0.497 e. The Kier molecular flexibility index (Phi) is 8.30. The summed E-state index contributed by atoms with van der Waals surface area (Å²) >= 11 is 1.23.